The van der Waals surface area contributed by atoms with Crippen molar-refractivity contribution in [3.8, 4) is 20.9 Å². The maximum atomic E-state index is 4.74. The van der Waals surface area contributed by atoms with Gasteiger partial charge in [0.15, 0.2) is 0 Å². The quantitative estimate of drug-likeness (QED) is 0.230. The summed E-state index contributed by atoms with van der Waals surface area (Å²) >= 11 is 8.55. The predicted molar refractivity (Wildman–Crippen MR) is 150 cm³/mol. The van der Waals surface area contributed by atoms with Crippen molar-refractivity contribution in [1.29, 1.82) is 0 Å². The van der Waals surface area contributed by atoms with E-state index in [1.165, 1.54) is 74.3 Å². The molecule has 0 amide bonds. The molecule has 5 heterocycles. The van der Waals surface area contributed by atoms with Crippen molar-refractivity contribution in [1.82, 2.24) is 8.75 Å². The molecular formula is C26H12N2S5. The van der Waals surface area contributed by atoms with Crippen LogP contribution in [0.15, 0.2) is 70.1 Å². The van der Waals surface area contributed by atoms with Gasteiger partial charge in [-0.15, -0.1) is 22.7 Å². The van der Waals surface area contributed by atoms with Crippen LogP contribution in [-0.2, 0) is 0 Å². The highest BCUT2D eigenvalue weighted by atomic mass is 32.1. The molecule has 3 aromatic carbocycles. The molecule has 7 heteroatoms. The number of benzene rings is 3. The maximum Gasteiger partial charge on any atom is 0.114 e. The Morgan fingerprint density at radius 3 is 1.52 bits per heavy atom. The van der Waals surface area contributed by atoms with Gasteiger partial charge in [0.2, 0.25) is 0 Å². The van der Waals surface area contributed by atoms with Crippen molar-refractivity contribution < 1.29 is 0 Å². The van der Waals surface area contributed by atoms with Gasteiger partial charge in [0.1, 0.15) is 11.0 Å². The number of nitrogens with zero attached hydrogens (tertiary/aromatic N) is 2. The molecule has 0 aliphatic heterocycles. The zero-order chi connectivity index (χ0) is 21.5. The summed E-state index contributed by atoms with van der Waals surface area (Å²) in [5, 5.41) is 16.9. The molecule has 0 N–H and O–H groups in total. The van der Waals surface area contributed by atoms with Crippen LogP contribution in [0.1, 0.15) is 0 Å². The first-order valence-corrected chi connectivity index (χ1v) is 14.6. The molecule has 0 fully saturated rings. The normalized spacial score (nSPS) is 12.2. The monoisotopic (exact) mass is 512 g/mol. The van der Waals surface area contributed by atoms with Crippen molar-refractivity contribution >= 4 is 110 Å². The molecular weight excluding hydrogens is 501 g/mol. The molecule has 0 radical (unpaired) electrons. The van der Waals surface area contributed by atoms with Crippen LogP contribution < -0.4 is 0 Å². The van der Waals surface area contributed by atoms with Crippen LogP contribution in [0, 0.1) is 0 Å². The summed E-state index contributed by atoms with van der Waals surface area (Å²) in [6.45, 7) is 0. The van der Waals surface area contributed by atoms with E-state index in [4.69, 9.17) is 8.75 Å². The number of rotatable bonds is 2. The average molecular weight is 513 g/mol. The van der Waals surface area contributed by atoms with Crippen LogP contribution in [0.4, 0.5) is 0 Å². The third kappa shape index (κ3) is 2.68. The van der Waals surface area contributed by atoms with Crippen LogP contribution >= 0.6 is 57.1 Å². The van der Waals surface area contributed by atoms with Crippen molar-refractivity contribution in [2.24, 2.45) is 0 Å². The van der Waals surface area contributed by atoms with Crippen LogP contribution in [0.2, 0.25) is 0 Å². The Kier molecular flexibility index (Phi) is 3.92. The number of aromatic nitrogens is 2. The summed E-state index contributed by atoms with van der Waals surface area (Å²) in [4.78, 5) is 2.51. The first-order chi connectivity index (χ1) is 16.3. The van der Waals surface area contributed by atoms with E-state index in [0.717, 1.165) is 11.0 Å². The van der Waals surface area contributed by atoms with Gasteiger partial charge >= 0.3 is 0 Å². The standard InChI is InChI=1S/C26H12N2S5/c1-3-15-9-29-11-19(15)25-13(1)7-21(31-25)17-5-6-18(24-23(17)27-33-28-24)22-8-14-2-4-16-10-30-12-20(16)26(14)32-22/h1-12H. The van der Waals surface area contributed by atoms with Gasteiger partial charge in [0, 0.05) is 41.1 Å². The van der Waals surface area contributed by atoms with Gasteiger partial charge in [-0.25, -0.2) is 0 Å². The molecule has 8 rings (SSSR count). The average Bonchev–Trinajstić information content (AvgIpc) is 3.65. The Labute approximate surface area is 208 Å². The minimum absolute atomic E-state index is 1.00. The molecule has 0 aliphatic rings. The van der Waals surface area contributed by atoms with E-state index in [2.05, 4.69) is 70.1 Å². The molecule has 0 bridgehead atoms. The predicted octanol–water partition coefficient (Wildman–Crippen LogP) is 9.88. The third-order valence-electron chi connectivity index (χ3n) is 6.23. The molecule has 0 atom stereocenters. The summed E-state index contributed by atoms with van der Waals surface area (Å²) in [5.41, 5.74) is 4.36. The van der Waals surface area contributed by atoms with Gasteiger partial charge < -0.3 is 0 Å². The van der Waals surface area contributed by atoms with Crippen LogP contribution in [-0.4, -0.2) is 8.75 Å². The van der Waals surface area contributed by atoms with Gasteiger partial charge in [-0.1, -0.05) is 36.4 Å². The van der Waals surface area contributed by atoms with E-state index in [9.17, 15) is 0 Å². The number of hydrogen-bond donors (Lipinski definition) is 0. The Morgan fingerprint density at radius 1 is 0.515 bits per heavy atom. The lowest BCUT2D eigenvalue weighted by Crippen LogP contribution is -1.81. The fraction of sp³-hybridized carbons (Fsp3) is 0. The molecule has 2 nitrogen and oxygen atoms in total. The fourth-order valence-corrected chi connectivity index (χ4v) is 9.38. The number of hydrogen-bond acceptors (Lipinski definition) is 7. The molecule has 0 aliphatic carbocycles. The van der Waals surface area contributed by atoms with Gasteiger partial charge in [0.05, 0.1) is 11.7 Å². The summed E-state index contributed by atoms with van der Waals surface area (Å²) in [5.74, 6) is 0. The van der Waals surface area contributed by atoms with Crippen LogP contribution in [0.25, 0.3) is 73.6 Å². The van der Waals surface area contributed by atoms with E-state index < -0.39 is 0 Å². The van der Waals surface area contributed by atoms with E-state index in [1.54, 1.807) is 22.7 Å². The van der Waals surface area contributed by atoms with Crippen LogP contribution in [0.5, 0.6) is 0 Å². The SMILES string of the molecule is c1cc(-c2cc3ccc4cscc4c3s2)c2nsnc2c1-c1cc2ccc3cscc3c2s1. The van der Waals surface area contributed by atoms with E-state index in [0.29, 0.717) is 0 Å². The summed E-state index contributed by atoms with van der Waals surface area (Å²) < 4.78 is 12.2. The van der Waals surface area contributed by atoms with Crippen LogP contribution in [0.3, 0.4) is 0 Å². The Balaban J connectivity index is 1.34. The minimum Gasteiger partial charge on any atom is -0.172 e. The summed E-state index contributed by atoms with van der Waals surface area (Å²) in [7, 11) is 0. The summed E-state index contributed by atoms with van der Waals surface area (Å²) in [6.07, 6.45) is 0. The second kappa shape index (κ2) is 6.91. The van der Waals surface area contributed by atoms with Crippen molar-refractivity contribution in [3.05, 3.63) is 70.1 Å². The molecule has 5 aromatic heterocycles. The highest BCUT2D eigenvalue weighted by molar-refractivity contribution is 7.24. The van der Waals surface area contributed by atoms with E-state index >= 15 is 0 Å². The highest BCUT2D eigenvalue weighted by Gasteiger charge is 2.18. The van der Waals surface area contributed by atoms with Crippen molar-refractivity contribution in [2.75, 3.05) is 0 Å². The Hall–Kier alpha value is -2.68. The number of thiophene rings is 4. The topological polar surface area (TPSA) is 25.8 Å². The van der Waals surface area contributed by atoms with Gasteiger partial charge in [-0.05, 0) is 55.2 Å². The zero-order valence-electron chi connectivity index (χ0n) is 16.9. The second-order valence-electron chi connectivity index (χ2n) is 8.06. The lowest BCUT2D eigenvalue weighted by molar-refractivity contribution is 1.64. The summed E-state index contributed by atoms with van der Waals surface area (Å²) in [6, 6.07) is 18.0. The number of fused-ring (bicyclic) bond motifs is 7. The molecule has 156 valence electrons. The lowest BCUT2D eigenvalue weighted by atomic mass is 10.0. The fourth-order valence-electron chi connectivity index (χ4n) is 4.61. The molecule has 0 unspecified atom stereocenters. The third-order valence-corrected chi connectivity index (χ3v) is 10.7. The molecule has 0 saturated carbocycles. The second-order valence-corrected chi connectivity index (χ2v) is 12.2. The molecule has 8 aromatic rings. The van der Waals surface area contributed by atoms with Gasteiger partial charge in [0.25, 0.3) is 0 Å². The van der Waals surface area contributed by atoms with Gasteiger partial charge in [-0.3, -0.25) is 0 Å². The Bertz CT molecular complexity index is 1850. The van der Waals surface area contributed by atoms with Crippen molar-refractivity contribution in [3.63, 3.8) is 0 Å². The molecule has 0 spiro atoms. The maximum absolute atomic E-state index is 4.74. The molecule has 0 saturated heterocycles. The van der Waals surface area contributed by atoms with E-state index in [-0.39, 0.29) is 0 Å². The Morgan fingerprint density at radius 2 is 1.00 bits per heavy atom. The minimum atomic E-state index is 1.00. The zero-order valence-corrected chi connectivity index (χ0v) is 20.9. The first-order valence-electron chi connectivity index (χ1n) is 10.4. The van der Waals surface area contributed by atoms with E-state index in [1.807, 2.05) is 22.7 Å². The van der Waals surface area contributed by atoms with Crippen molar-refractivity contribution in [2.45, 2.75) is 0 Å². The lowest BCUT2D eigenvalue weighted by Gasteiger charge is -2.03. The smallest absolute Gasteiger partial charge is 0.114 e. The largest absolute Gasteiger partial charge is 0.172 e. The van der Waals surface area contributed by atoms with Gasteiger partial charge in [-0.2, -0.15) is 31.4 Å². The first kappa shape index (κ1) is 18.7. The molecule has 33 heavy (non-hydrogen) atoms. The highest BCUT2D eigenvalue weighted by Crippen LogP contribution is 2.44.